The van der Waals surface area contributed by atoms with Crippen molar-refractivity contribution in [3.8, 4) is 0 Å². The average molecular weight is 407 g/mol. The largest absolute Gasteiger partial charge is 0.0885 e. The summed E-state index contributed by atoms with van der Waals surface area (Å²) in [7, 11) is 0. The SMILES string of the molecule is CCCCCC/C=C/CCCCCCCCCCCCc1cccc2ccccc12. The summed E-state index contributed by atoms with van der Waals surface area (Å²) in [6.45, 7) is 2.28. The van der Waals surface area contributed by atoms with Crippen LogP contribution in [0.15, 0.2) is 54.6 Å². The van der Waals surface area contributed by atoms with E-state index in [2.05, 4.69) is 61.5 Å². The molecular formula is C30H46. The Hall–Kier alpha value is -1.56. The number of rotatable bonds is 18. The third-order valence-electron chi connectivity index (χ3n) is 6.34. The zero-order valence-electron chi connectivity index (χ0n) is 19.7. The highest BCUT2D eigenvalue weighted by Crippen LogP contribution is 2.21. The lowest BCUT2D eigenvalue weighted by molar-refractivity contribution is 0.552. The van der Waals surface area contributed by atoms with Crippen LogP contribution in [0.5, 0.6) is 0 Å². The van der Waals surface area contributed by atoms with Gasteiger partial charge in [0.2, 0.25) is 0 Å². The number of aryl methyl sites for hydroxylation is 1. The van der Waals surface area contributed by atoms with E-state index in [1.165, 1.54) is 125 Å². The molecule has 166 valence electrons. The van der Waals surface area contributed by atoms with E-state index in [9.17, 15) is 0 Å². The highest BCUT2D eigenvalue weighted by molar-refractivity contribution is 5.85. The van der Waals surface area contributed by atoms with Gasteiger partial charge in [0, 0.05) is 0 Å². The quantitative estimate of drug-likeness (QED) is 0.170. The van der Waals surface area contributed by atoms with Crippen LogP contribution in [0.2, 0.25) is 0 Å². The average Bonchev–Trinajstić information content (AvgIpc) is 2.78. The van der Waals surface area contributed by atoms with E-state index in [0.29, 0.717) is 0 Å². The molecule has 0 heteroatoms. The second kappa shape index (κ2) is 17.2. The Morgan fingerprint density at radius 2 is 1.07 bits per heavy atom. The van der Waals surface area contributed by atoms with Crippen molar-refractivity contribution in [2.75, 3.05) is 0 Å². The van der Waals surface area contributed by atoms with E-state index in [1.54, 1.807) is 0 Å². The van der Waals surface area contributed by atoms with Crippen molar-refractivity contribution in [3.63, 3.8) is 0 Å². The first kappa shape index (κ1) is 24.7. The summed E-state index contributed by atoms with van der Waals surface area (Å²) in [6, 6.07) is 15.6. The molecule has 0 aromatic heterocycles. The summed E-state index contributed by atoms with van der Waals surface area (Å²) in [5.74, 6) is 0. The molecule has 0 aliphatic rings. The molecule has 0 aliphatic carbocycles. The molecule has 0 atom stereocenters. The topological polar surface area (TPSA) is 0 Å². The highest BCUT2D eigenvalue weighted by atomic mass is 14.1. The summed E-state index contributed by atoms with van der Waals surface area (Å²) in [6.07, 6.45) is 28.3. The summed E-state index contributed by atoms with van der Waals surface area (Å²) in [5, 5.41) is 2.83. The van der Waals surface area contributed by atoms with Gasteiger partial charge in [0.25, 0.3) is 0 Å². The van der Waals surface area contributed by atoms with Gasteiger partial charge in [0.15, 0.2) is 0 Å². The van der Waals surface area contributed by atoms with Crippen LogP contribution in [0.4, 0.5) is 0 Å². The van der Waals surface area contributed by atoms with E-state index in [4.69, 9.17) is 0 Å². The van der Waals surface area contributed by atoms with Gasteiger partial charge in [-0.25, -0.2) is 0 Å². The van der Waals surface area contributed by atoms with Crippen LogP contribution >= 0.6 is 0 Å². The number of hydrogen-bond acceptors (Lipinski definition) is 0. The second-order valence-electron chi connectivity index (χ2n) is 9.03. The zero-order chi connectivity index (χ0) is 21.1. The molecule has 0 unspecified atom stereocenters. The van der Waals surface area contributed by atoms with E-state index in [0.717, 1.165) is 0 Å². The predicted octanol–water partition coefficient (Wildman–Crippen LogP) is 10.2. The van der Waals surface area contributed by atoms with Gasteiger partial charge in [-0.1, -0.05) is 132 Å². The standard InChI is InChI=1S/C30H46/c1-2-3-4-5-6-7-8-9-10-11-12-13-14-15-16-17-18-19-23-28-25-22-26-29-24-20-21-27-30(28)29/h7-8,20-22,24-27H,2-6,9-19,23H2,1H3/b8-7+. The van der Waals surface area contributed by atoms with Crippen molar-refractivity contribution in [3.05, 3.63) is 60.2 Å². The third kappa shape index (κ3) is 11.0. The van der Waals surface area contributed by atoms with Gasteiger partial charge < -0.3 is 0 Å². The minimum absolute atomic E-state index is 1.23. The molecule has 2 aromatic rings. The normalized spacial score (nSPS) is 11.6. The Bertz CT molecular complexity index is 676. The summed E-state index contributed by atoms with van der Waals surface area (Å²) >= 11 is 0. The number of hydrogen-bond donors (Lipinski definition) is 0. The second-order valence-corrected chi connectivity index (χ2v) is 9.03. The molecule has 0 spiro atoms. The first-order valence-electron chi connectivity index (χ1n) is 13.0. The van der Waals surface area contributed by atoms with Gasteiger partial charge in [-0.05, 0) is 54.9 Å². The molecule has 2 rings (SSSR count). The van der Waals surface area contributed by atoms with Gasteiger partial charge in [-0.3, -0.25) is 0 Å². The van der Waals surface area contributed by atoms with Gasteiger partial charge in [0.1, 0.15) is 0 Å². The first-order chi connectivity index (χ1) is 14.9. The van der Waals surface area contributed by atoms with Crippen molar-refractivity contribution in [2.24, 2.45) is 0 Å². The number of allylic oxidation sites excluding steroid dienone is 2. The van der Waals surface area contributed by atoms with E-state index >= 15 is 0 Å². The van der Waals surface area contributed by atoms with E-state index < -0.39 is 0 Å². The van der Waals surface area contributed by atoms with E-state index in [1.807, 2.05) is 0 Å². The molecule has 0 saturated heterocycles. The molecule has 0 heterocycles. The molecule has 2 aromatic carbocycles. The van der Waals surface area contributed by atoms with Gasteiger partial charge >= 0.3 is 0 Å². The molecule has 0 saturated carbocycles. The number of fused-ring (bicyclic) bond motifs is 1. The van der Waals surface area contributed by atoms with Crippen molar-refractivity contribution in [1.82, 2.24) is 0 Å². The fourth-order valence-corrected chi connectivity index (χ4v) is 4.43. The van der Waals surface area contributed by atoms with Crippen molar-refractivity contribution < 1.29 is 0 Å². The third-order valence-corrected chi connectivity index (χ3v) is 6.34. The molecule has 0 radical (unpaired) electrons. The first-order valence-corrected chi connectivity index (χ1v) is 13.0. The molecule has 0 amide bonds. The number of benzene rings is 2. The lowest BCUT2D eigenvalue weighted by Gasteiger charge is -2.06. The van der Waals surface area contributed by atoms with Crippen LogP contribution in [-0.4, -0.2) is 0 Å². The van der Waals surface area contributed by atoms with Crippen LogP contribution in [0.1, 0.15) is 115 Å². The fraction of sp³-hybridized carbons (Fsp3) is 0.600. The minimum atomic E-state index is 1.23. The lowest BCUT2D eigenvalue weighted by Crippen LogP contribution is -1.88. The molecule has 0 nitrogen and oxygen atoms in total. The van der Waals surface area contributed by atoms with Gasteiger partial charge in [0.05, 0.1) is 0 Å². The Morgan fingerprint density at radius 1 is 0.533 bits per heavy atom. The maximum Gasteiger partial charge on any atom is -0.0152 e. The van der Waals surface area contributed by atoms with Crippen molar-refractivity contribution >= 4 is 10.8 Å². The van der Waals surface area contributed by atoms with E-state index in [-0.39, 0.29) is 0 Å². The Kier molecular flexibility index (Phi) is 14.1. The smallest absolute Gasteiger partial charge is 0.0152 e. The molecular weight excluding hydrogens is 360 g/mol. The van der Waals surface area contributed by atoms with Crippen LogP contribution in [0.3, 0.4) is 0 Å². The number of unbranched alkanes of at least 4 members (excludes halogenated alkanes) is 14. The summed E-state index contributed by atoms with van der Waals surface area (Å²) < 4.78 is 0. The van der Waals surface area contributed by atoms with Crippen LogP contribution in [-0.2, 0) is 6.42 Å². The maximum absolute atomic E-state index is 2.42. The molecule has 0 bridgehead atoms. The van der Waals surface area contributed by atoms with Crippen LogP contribution in [0, 0.1) is 0 Å². The maximum atomic E-state index is 2.42. The van der Waals surface area contributed by atoms with Crippen LogP contribution < -0.4 is 0 Å². The Morgan fingerprint density at radius 3 is 1.73 bits per heavy atom. The van der Waals surface area contributed by atoms with Crippen LogP contribution in [0.25, 0.3) is 10.8 Å². The van der Waals surface area contributed by atoms with Crippen molar-refractivity contribution in [2.45, 2.75) is 116 Å². The monoisotopic (exact) mass is 406 g/mol. The summed E-state index contributed by atoms with van der Waals surface area (Å²) in [5.41, 5.74) is 1.53. The summed E-state index contributed by atoms with van der Waals surface area (Å²) in [4.78, 5) is 0. The van der Waals surface area contributed by atoms with Gasteiger partial charge in [-0.15, -0.1) is 0 Å². The van der Waals surface area contributed by atoms with Crippen molar-refractivity contribution in [1.29, 1.82) is 0 Å². The highest BCUT2D eigenvalue weighted by Gasteiger charge is 2.00. The molecule has 30 heavy (non-hydrogen) atoms. The molecule has 0 aliphatic heterocycles. The molecule has 0 fully saturated rings. The van der Waals surface area contributed by atoms with Gasteiger partial charge in [-0.2, -0.15) is 0 Å². The minimum Gasteiger partial charge on any atom is -0.0885 e. The molecule has 0 N–H and O–H groups in total. The zero-order valence-corrected chi connectivity index (χ0v) is 19.7. The Balaban J connectivity index is 1.36. The Labute approximate surface area is 187 Å². The predicted molar refractivity (Wildman–Crippen MR) is 136 cm³/mol. The fourth-order valence-electron chi connectivity index (χ4n) is 4.43. The lowest BCUT2D eigenvalue weighted by atomic mass is 9.99.